The van der Waals surface area contributed by atoms with Gasteiger partial charge < -0.3 is 14.2 Å². The number of piperazine rings is 1. The minimum absolute atomic E-state index is 0.0159. The van der Waals surface area contributed by atoms with Crippen molar-refractivity contribution in [3.8, 4) is 17.2 Å². The third-order valence-corrected chi connectivity index (χ3v) is 6.88. The smallest absolute Gasteiger partial charge is 0.243 e. The van der Waals surface area contributed by atoms with Gasteiger partial charge in [0.1, 0.15) is 11.5 Å². The van der Waals surface area contributed by atoms with Crippen molar-refractivity contribution in [1.82, 2.24) is 9.21 Å². The number of hydrogen-bond acceptors (Lipinski definition) is 6. The molecule has 0 N–H and O–H groups in total. The van der Waals surface area contributed by atoms with E-state index in [0.717, 1.165) is 17.4 Å². The summed E-state index contributed by atoms with van der Waals surface area (Å²) in [6.45, 7) is 2.42. The monoisotopic (exact) mass is 424 g/mol. The Morgan fingerprint density at radius 2 is 1.59 bits per heavy atom. The lowest BCUT2D eigenvalue weighted by molar-refractivity contribution is 0.180. The highest BCUT2D eigenvalue weighted by Gasteiger charge is 2.29. The van der Waals surface area contributed by atoms with Gasteiger partial charge in [-0.15, -0.1) is 0 Å². The first-order chi connectivity index (χ1) is 13.9. The van der Waals surface area contributed by atoms with Crippen LogP contribution in [0.5, 0.6) is 17.2 Å². The predicted octanol–water partition coefficient (Wildman–Crippen LogP) is 2.36. The first-order valence-electron chi connectivity index (χ1n) is 9.16. The van der Waals surface area contributed by atoms with Crippen molar-refractivity contribution in [3.05, 3.63) is 47.8 Å². The molecule has 0 bridgehead atoms. The molecule has 0 amide bonds. The molecule has 1 fully saturated rings. The molecule has 7 nitrogen and oxygen atoms in total. The summed E-state index contributed by atoms with van der Waals surface area (Å²) in [5.41, 5.74) is 1.00. The Bertz CT molecular complexity index is 959. The van der Waals surface area contributed by atoms with Crippen molar-refractivity contribution in [2.75, 3.05) is 47.5 Å². The van der Waals surface area contributed by atoms with Crippen molar-refractivity contribution in [1.29, 1.82) is 0 Å². The van der Waals surface area contributed by atoms with Gasteiger partial charge >= 0.3 is 0 Å². The van der Waals surface area contributed by atoms with Gasteiger partial charge in [0.2, 0.25) is 10.0 Å². The van der Waals surface area contributed by atoms with E-state index in [2.05, 4.69) is 4.90 Å². The molecule has 9 heteroatoms. The van der Waals surface area contributed by atoms with Gasteiger partial charge in [-0.2, -0.15) is 4.31 Å². The molecule has 0 unspecified atom stereocenters. The highest BCUT2D eigenvalue weighted by atomic mass is 32.2. The van der Waals surface area contributed by atoms with E-state index < -0.39 is 15.8 Å². The summed E-state index contributed by atoms with van der Waals surface area (Å²) in [6, 6.07) is 9.34. The lowest BCUT2D eigenvalue weighted by Gasteiger charge is -2.34. The van der Waals surface area contributed by atoms with Crippen LogP contribution in [-0.2, 0) is 16.6 Å². The molecular formula is C20H25FN2O5S. The summed E-state index contributed by atoms with van der Waals surface area (Å²) in [5, 5.41) is 0. The first-order valence-corrected chi connectivity index (χ1v) is 10.6. The quantitative estimate of drug-likeness (QED) is 0.680. The number of ether oxygens (including phenoxy) is 3. The minimum atomic E-state index is -3.76. The Balaban J connectivity index is 1.66. The van der Waals surface area contributed by atoms with Crippen LogP contribution in [0.15, 0.2) is 41.3 Å². The van der Waals surface area contributed by atoms with Crippen LogP contribution in [0.4, 0.5) is 4.39 Å². The number of hydrogen-bond donors (Lipinski definition) is 0. The maximum atomic E-state index is 13.9. The average molecular weight is 424 g/mol. The molecular weight excluding hydrogens is 399 g/mol. The first kappa shape index (κ1) is 21.4. The average Bonchev–Trinajstić information content (AvgIpc) is 2.74. The molecule has 0 atom stereocenters. The number of benzene rings is 2. The normalized spacial score (nSPS) is 15.9. The van der Waals surface area contributed by atoms with Gasteiger partial charge in [-0.3, -0.25) is 4.90 Å². The maximum absolute atomic E-state index is 13.9. The third kappa shape index (κ3) is 4.63. The second-order valence-corrected chi connectivity index (χ2v) is 8.59. The second kappa shape index (κ2) is 8.98. The molecule has 0 spiro atoms. The molecule has 1 saturated heterocycles. The molecule has 1 heterocycles. The van der Waals surface area contributed by atoms with Crippen LogP contribution >= 0.6 is 0 Å². The number of nitrogens with zero attached hydrogens (tertiary/aromatic N) is 2. The van der Waals surface area contributed by atoms with Crippen molar-refractivity contribution >= 4 is 10.0 Å². The van der Waals surface area contributed by atoms with Crippen LogP contribution in [0.25, 0.3) is 0 Å². The maximum Gasteiger partial charge on any atom is 0.243 e. The fraction of sp³-hybridized carbons (Fsp3) is 0.400. The van der Waals surface area contributed by atoms with Crippen molar-refractivity contribution in [2.24, 2.45) is 0 Å². The lowest BCUT2D eigenvalue weighted by atomic mass is 10.1. The molecule has 158 valence electrons. The zero-order valence-corrected chi connectivity index (χ0v) is 17.5. The Hall–Kier alpha value is -2.36. The molecule has 29 heavy (non-hydrogen) atoms. The van der Waals surface area contributed by atoms with Gasteiger partial charge in [0.15, 0.2) is 11.6 Å². The standard InChI is InChI=1S/C20H25FN2O5S/c1-26-16-5-4-15(20(12-16)28-3)14-22-8-10-23(11-9-22)29(24,25)17-6-7-19(27-2)18(21)13-17/h4-7,12-13H,8-11,14H2,1-3H3. The molecule has 0 aliphatic carbocycles. The van der Waals surface area contributed by atoms with Gasteiger partial charge in [-0.25, -0.2) is 12.8 Å². The molecule has 0 saturated carbocycles. The van der Waals surface area contributed by atoms with E-state index in [4.69, 9.17) is 14.2 Å². The van der Waals surface area contributed by atoms with Crippen LogP contribution in [0.3, 0.4) is 0 Å². The highest BCUT2D eigenvalue weighted by molar-refractivity contribution is 7.89. The summed E-state index contributed by atoms with van der Waals surface area (Å²) in [5.74, 6) is 0.766. The molecule has 3 rings (SSSR count). The van der Waals surface area contributed by atoms with Gasteiger partial charge in [0.25, 0.3) is 0 Å². The van der Waals surface area contributed by atoms with E-state index in [0.29, 0.717) is 38.5 Å². The van der Waals surface area contributed by atoms with Crippen molar-refractivity contribution in [3.63, 3.8) is 0 Å². The number of rotatable bonds is 7. The molecule has 1 aliphatic heterocycles. The zero-order valence-electron chi connectivity index (χ0n) is 16.7. The minimum Gasteiger partial charge on any atom is -0.497 e. The number of sulfonamides is 1. The predicted molar refractivity (Wildman–Crippen MR) is 107 cm³/mol. The SMILES string of the molecule is COc1ccc(CN2CCN(S(=O)(=O)c3ccc(OC)c(F)c3)CC2)c(OC)c1. The van der Waals surface area contributed by atoms with Crippen molar-refractivity contribution < 1.29 is 27.0 Å². The lowest BCUT2D eigenvalue weighted by Crippen LogP contribution is -2.48. The van der Waals surface area contributed by atoms with E-state index in [9.17, 15) is 12.8 Å². The molecule has 2 aromatic carbocycles. The van der Waals surface area contributed by atoms with E-state index in [-0.39, 0.29) is 10.6 Å². The van der Waals surface area contributed by atoms with E-state index in [1.807, 2.05) is 18.2 Å². The molecule has 2 aromatic rings. The largest absolute Gasteiger partial charge is 0.497 e. The fourth-order valence-corrected chi connectivity index (χ4v) is 4.74. The number of methoxy groups -OCH3 is 3. The number of halogens is 1. The Labute approximate surface area is 170 Å². The van der Waals surface area contributed by atoms with E-state index in [1.165, 1.54) is 23.5 Å². The summed E-state index contributed by atoms with van der Waals surface area (Å²) in [7, 11) is 0.787. The summed E-state index contributed by atoms with van der Waals surface area (Å²) in [6.07, 6.45) is 0. The second-order valence-electron chi connectivity index (χ2n) is 6.65. The highest BCUT2D eigenvalue weighted by Crippen LogP contribution is 2.27. The molecule has 0 radical (unpaired) electrons. The summed E-state index contributed by atoms with van der Waals surface area (Å²) in [4.78, 5) is 2.09. The fourth-order valence-electron chi connectivity index (χ4n) is 3.31. The Morgan fingerprint density at radius 1 is 0.897 bits per heavy atom. The zero-order chi connectivity index (χ0) is 21.0. The van der Waals surface area contributed by atoms with Crippen LogP contribution in [0.1, 0.15) is 5.56 Å². The topological polar surface area (TPSA) is 68.3 Å². The third-order valence-electron chi connectivity index (χ3n) is 4.98. The summed E-state index contributed by atoms with van der Waals surface area (Å²) < 4.78 is 56.5. The van der Waals surface area contributed by atoms with Gasteiger partial charge in [0.05, 0.1) is 26.2 Å². The van der Waals surface area contributed by atoms with Crippen LogP contribution < -0.4 is 14.2 Å². The van der Waals surface area contributed by atoms with Gasteiger partial charge in [-0.1, -0.05) is 6.07 Å². The van der Waals surface area contributed by atoms with E-state index in [1.54, 1.807) is 14.2 Å². The van der Waals surface area contributed by atoms with Gasteiger partial charge in [0, 0.05) is 44.4 Å². The Morgan fingerprint density at radius 3 is 2.17 bits per heavy atom. The van der Waals surface area contributed by atoms with Gasteiger partial charge in [-0.05, 0) is 24.3 Å². The molecule has 0 aromatic heterocycles. The van der Waals surface area contributed by atoms with Crippen LogP contribution in [0, 0.1) is 5.82 Å². The Kier molecular flexibility index (Phi) is 6.61. The van der Waals surface area contributed by atoms with Crippen molar-refractivity contribution in [2.45, 2.75) is 11.4 Å². The molecule has 1 aliphatic rings. The van der Waals surface area contributed by atoms with Crippen LogP contribution in [0.2, 0.25) is 0 Å². The van der Waals surface area contributed by atoms with Crippen LogP contribution in [-0.4, -0.2) is 65.1 Å². The van der Waals surface area contributed by atoms with E-state index >= 15 is 0 Å². The summed E-state index contributed by atoms with van der Waals surface area (Å²) >= 11 is 0.